The molecule has 0 bridgehead atoms. The lowest BCUT2D eigenvalue weighted by Gasteiger charge is -2.36. The molecule has 2 aromatic carbocycles. The topological polar surface area (TPSA) is 70.8 Å². The Morgan fingerprint density at radius 1 is 1.11 bits per heavy atom. The van der Waals surface area contributed by atoms with Crippen molar-refractivity contribution < 1.29 is 9.53 Å². The van der Waals surface area contributed by atoms with Crippen LogP contribution in [0.4, 0.5) is 11.4 Å². The number of para-hydroxylation sites is 1. The molecule has 1 aliphatic heterocycles. The minimum atomic E-state index is -0.433. The Morgan fingerprint density at radius 3 is 2.52 bits per heavy atom. The van der Waals surface area contributed by atoms with Gasteiger partial charge in [-0.05, 0) is 37.2 Å². The number of hydrogen-bond donors (Lipinski definition) is 2. The van der Waals surface area contributed by atoms with Gasteiger partial charge in [-0.3, -0.25) is 9.69 Å². The Bertz CT molecular complexity index is 743. The number of piperazine rings is 1. The molecule has 0 atom stereocenters. The number of primary amides is 1. The zero-order valence-corrected chi connectivity index (χ0v) is 15.9. The summed E-state index contributed by atoms with van der Waals surface area (Å²) < 4.78 is 5.23. The van der Waals surface area contributed by atoms with Crippen LogP contribution in [0.25, 0.3) is 0 Å². The Kier molecular flexibility index (Phi) is 6.54. The van der Waals surface area contributed by atoms with Gasteiger partial charge in [-0.25, -0.2) is 0 Å². The Hall–Kier alpha value is -2.73. The average molecular weight is 368 g/mol. The highest BCUT2D eigenvalue weighted by Crippen LogP contribution is 2.22. The quantitative estimate of drug-likeness (QED) is 0.700. The summed E-state index contributed by atoms with van der Waals surface area (Å²) >= 11 is 0. The Balaban J connectivity index is 1.43. The maximum atomic E-state index is 11.6. The molecule has 0 spiro atoms. The number of nitrogens with one attached hydrogen (secondary N) is 1. The van der Waals surface area contributed by atoms with E-state index in [1.165, 1.54) is 5.69 Å². The van der Waals surface area contributed by atoms with Crippen LogP contribution in [-0.2, 0) is 0 Å². The van der Waals surface area contributed by atoms with E-state index in [2.05, 4.69) is 45.4 Å². The number of rotatable bonds is 8. The molecule has 3 rings (SSSR count). The first-order chi connectivity index (χ1) is 13.2. The second-order valence-corrected chi connectivity index (χ2v) is 6.72. The second-order valence-electron chi connectivity index (χ2n) is 6.72. The highest BCUT2D eigenvalue weighted by Gasteiger charge is 2.16. The number of benzene rings is 2. The van der Waals surface area contributed by atoms with E-state index in [-0.39, 0.29) is 0 Å². The molecule has 6 nitrogen and oxygen atoms in total. The lowest BCUT2D eigenvalue weighted by atomic mass is 10.1. The van der Waals surface area contributed by atoms with Crippen LogP contribution in [0.3, 0.4) is 0 Å². The minimum absolute atomic E-state index is 0.433. The monoisotopic (exact) mass is 368 g/mol. The molecule has 27 heavy (non-hydrogen) atoms. The summed E-state index contributed by atoms with van der Waals surface area (Å²) in [4.78, 5) is 16.5. The van der Waals surface area contributed by atoms with Gasteiger partial charge in [0.1, 0.15) is 5.75 Å². The molecule has 6 heteroatoms. The van der Waals surface area contributed by atoms with Gasteiger partial charge in [0, 0.05) is 44.5 Å². The molecule has 1 amide bonds. The number of methoxy groups -OCH3 is 1. The van der Waals surface area contributed by atoms with Crippen LogP contribution in [0, 0.1) is 0 Å². The molecular formula is C21H28N4O2. The van der Waals surface area contributed by atoms with E-state index in [0.717, 1.165) is 51.4 Å². The van der Waals surface area contributed by atoms with Crippen LogP contribution in [-0.4, -0.2) is 57.2 Å². The van der Waals surface area contributed by atoms with Crippen molar-refractivity contribution in [3.63, 3.8) is 0 Å². The number of carbonyl (C=O) groups excluding carboxylic acids is 1. The van der Waals surface area contributed by atoms with Gasteiger partial charge in [-0.1, -0.05) is 18.2 Å². The highest BCUT2D eigenvalue weighted by atomic mass is 16.5. The minimum Gasteiger partial charge on any atom is -0.497 e. The first-order valence-corrected chi connectivity index (χ1v) is 9.41. The molecule has 0 radical (unpaired) electrons. The van der Waals surface area contributed by atoms with E-state index in [0.29, 0.717) is 11.3 Å². The van der Waals surface area contributed by atoms with Crippen molar-refractivity contribution in [2.24, 2.45) is 5.73 Å². The number of anilines is 2. The van der Waals surface area contributed by atoms with Gasteiger partial charge < -0.3 is 20.7 Å². The van der Waals surface area contributed by atoms with E-state index in [1.807, 2.05) is 6.07 Å². The van der Waals surface area contributed by atoms with Crippen molar-refractivity contribution in [3.8, 4) is 5.75 Å². The van der Waals surface area contributed by atoms with Gasteiger partial charge in [0.25, 0.3) is 5.91 Å². The van der Waals surface area contributed by atoms with Gasteiger partial charge in [-0.15, -0.1) is 0 Å². The average Bonchev–Trinajstić information content (AvgIpc) is 2.72. The number of nitrogens with two attached hydrogens (primary N) is 1. The second kappa shape index (κ2) is 9.28. The summed E-state index contributed by atoms with van der Waals surface area (Å²) in [5.41, 5.74) is 7.98. The predicted octanol–water partition coefficient (Wildman–Crippen LogP) is 2.42. The summed E-state index contributed by atoms with van der Waals surface area (Å²) in [5.74, 6) is 0.275. The number of hydrogen-bond acceptors (Lipinski definition) is 5. The maximum Gasteiger partial charge on any atom is 0.250 e. The Labute approximate surface area is 160 Å². The standard InChI is InChI=1S/C21H28N4O2/c1-27-18-8-9-19(21(22)26)20(16-18)23-10-5-11-24-12-14-25(15-13-24)17-6-3-2-4-7-17/h2-4,6-9,16,23H,5,10-15H2,1H3,(H2,22,26). The molecule has 0 aromatic heterocycles. The lowest BCUT2D eigenvalue weighted by Crippen LogP contribution is -2.46. The fourth-order valence-electron chi connectivity index (χ4n) is 3.41. The molecular weight excluding hydrogens is 340 g/mol. The number of amides is 1. The molecule has 2 aromatic rings. The van der Waals surface area contributed by atoms with E-state index >= 15 is 0 Å². The SMILES string of the molecule is COc1ccc(C(N)=O)c(NCCCN2CCN(c3ccccc3)CC2)c1. The van der Waals surface area contributed by atoms with Crippen molar-refractivity contribution in [1.82, 2.24) is 4.90 Å². The summed E-state index contributed by atoms with van der Waals surface area (Å²) in [6.07, 6.45) is 1.00. The van der Waals surface area contributed by atoms with Crippen LogP contribution in [0.15, 0.2) is 48.5 Å². The number of nitrogens with zero attached hydrogens (tertiary/aromatic N) is 2. The summed E-state index contributed by atoms with van der Waals surface area (Å²) in [6, 6.07) is 15.8. The Morgan fingerprint density at radius 2 is 1.85 bits per heavy atom. The van der Waals surface area contributed by atoms with Gasteiger partial charge in [0.05, 0.1) is 18.4 Å². The molecule has 0 unspecified atom stereocenters. The third-order valence-corrected chi connectivity index (χ3v) is 4.95. The summed E-state index contributed by atoms with van der Waals surface area (Å²) in [5, 5.41) is 3.33. The van der Waals surface area contributed by atoms with Crippen molar-refractivity contribution in [2.75, 3.05) is 56.6 Å². The van der Waals surface area contributed by atoms with Crippen molar-refractivity contribution in [3.05, 3.63) is 54.1 Å². The normalized spacial score (nSPS) is 14.8. The molecule has 144 valence electrons. The zero-order valence-electron chi connectivity index (χ0n) is 15.9. The molecule has 1 fully saturated rings. The maximum absolute atomic E-state index is 11.6. The molecule has 3 N–H and O–H groups in total. The molecule has 0 saturated carbocycles. The molecule has 0 aliphatic carbocycles. The summed E-state index contributed by atoms with van der Waals surface area (Å²) in [6.45, 7) is 6.07. The number of carbonyl (C=O) groups is 1. The van der Waals surface area contributed by atoms with Crippen LogP contribution >= 0.6 is 0 Å². The van der Waals surface area contributed by atoms with E-state index < -0.39 is 5.91 Å². The van der Waals surface area contributed by atoms with E-state index in [1.54, 1.807) is 19.2 Å². The van der Waals surface area contributed by atoms with Gasteiger partial charge in [0.2, 0.25) is 0 Å². The number of ether oxygens (including phenoxy) is 1. The van der Waals surface area contributed by atoms with Crippen LogP contribution < -0.4 is 20.7 Å². The zero-order chi connectivity index (χ0) is 19.1. The predicted molar refractivity (Wildman–Crippen MR) is 110 cm³/mol. The molecule has 1 saturated heterocycles. The van der Waals surface area contributed by atoms with Crippen molar-refractivity contribution >= 4 is 17.3 Å². The third-order valence-electron chi connectivity index (χ3n) is 4.95. The lowest BCUT2D eigenvalue weighted by molar-refractivity contribution is 0.100. The van der Waals surface area contributed by atoms with Gasteiger partial charge in [-0.2, -0.15) is 0 Å². The smallest absolute Gasteiger partial charge is 0.250 e. The van der Waals surface area contributed by atoms with E-state index in [9.17, 15) is 4.79 Å². The fourth-order valence-corrected chi connectivity index (χ4v) is 3.41. The summed E-state index contributed by atoms with van der Waals surface area (Å²) in [7, 11) is 1.61. The van der Waals surface area contributed by atoms with E-state index in [4.69, 9.17) is 10.5 Å². The van der Waals surface area contributed by atoms with Crippen molar-refractivity contribution in [1.29, 1.82) is 0 Å². The molecule has 1 aliphatic rings. The molecule has 1 heterocycles. The van der Waals surface area contributed by atoms with Crippen LogP contribution in [0.5, 0.6) is 5.75 Å². The van der Waals surface area contributed by atoms with Crippen LogP contribution in [0.1, 0.15) is 16.8 Å². The first-order valence-electron chi connectivity index (χ1n) is 9.41. The van der Waals surface area contributed by atoms with Gasteiger partial charge in [0.15, 0.2) is 0 Å². The van der Waals surface area contributed by atoms with Crippen molar-refractivity contribution in [2.45, 2.75) is 6.42 Å². The fraction of sp³-hybridized carbons (Fsp3) is 0.381. The first kappa shape index (κ1) is 19.0. The van der Waals surface area contributed by atoms with Crippen LogP contribution in [0.2, 0.25) is 0 Å². The highest BCUT2D eigenvalue weighted by molar-refractivity contribution is 5.98. The largest absolute Gasteiger partial charge is 0.497 e. The third kappa shape index (κ3) is 5.14. The van der Waals surface area contributed by atoms with Gasteiger partial charge >= 0.3 is 0 Å².